The first kappa shape index (κ1) is 21.8. The Bertz CT molecular complexity index is 992. The van der Waals surface area contributed by atoms with Gasteiger partial charge in [-0.05, 0) is 36.3 Å². The molecule has 0 bridgehead atoms. The maximum absolute atomic E-state index is 12.3. The zero-order valence-electron chi connectivity index (χ0n) is 16.2. The van der Waals surface area contributed by atoms with Crippen molar-refractivity contribution in [2.24, 2.45) is 0 Å². The third-order valence-electron chi connectivity index (χ3n) is 3.90. The van der Waals surface area contributed by atoms with Gasteiger partial charge in [-0.2, -0.15) is 0 Å². The molecule has 9 nitrogen and oxygen atoms in total. The number of esters is 1. The number of nitro groups is 1. The largest absolute Gasteiger partial charge is 0.465 e. The van der Waals surface area contributed by atoms with E-state index in [0.717, 1.165) is 11.3 Å². The lowest BCUT2D eigenvalue weighted by Crippen LogP contribution is -2.21. The first-order valence-corrected chi connectivity index (χ1v) is 9.14. The highest BCUT2D eigenvalue weighted by molar-refractivity contribution is 7.18. The van der Waals surface area contributed by atoms with Gasteiger partial charge in [0.15, 0.2) is 0 Å². The van der Waals surface area contributed by atoms with E-state index in [4.69, 9.17) is 4.74 Å². The Morgan fingerprint density at radius 3 is 2.34 bits per heavy atom. The van der Waals surface area contributed by atoms with E-state index >= 15 is 0 Å². The van der Waals surface area contributed by atoms with Crippen LogP contribution in [0, 0.1) is 17.0 Å². The van der Waals surface area contributed by atoms with Crippen LogP contribution in [0.3, 0.4) is 0 Å². The van der Waals surface area contributed by atoms with E-state index in [-0.39, 0.29) is 22.2 Å². The number of carbonyl (C=O) groups excluding carboxylic acids is 3. The van der Waals surface area contributed by atoms with Gasteiger partial charge in [-0.25, -0.2) is 4.79 Å². The van der Waals surface area contributed by atoms with Crippen LogP contribution in [0.15, 0.2) is 30.3 Å². The average molecular weight is 417 g/mol. The molecule has 1 N–H and O–H groups in total. The number of non-ortho nitro benzene ring substituents is 1. The number of ether oxygens (including phenoxy) is 1. The van der Waals surface area contributed by atoms with Gasteiger partial charge in [0.05, 0.1) is 22.5 Å². The molecule has 0 saturated carbocycles. The number of nitrogens with one attached hydrogen (secondary N) is 1. The minimum absolute atomic E-state index is 0.0542. The lowest BCUT2D eigenvalue weighted by molar-refractivity contribution is -0.384. The highest BCUT2D eigenvalue weighted by atomic mass is 32.1. The van der Waals surface area contributed by atoms with Crippen LogP contribution in [0.2, 0.25) is 0 Å². The molecule has 2 rings (SSSR count). The normalized spacial score (nSPS) is 10.6. The molecule has 0 saturated heterocycles. The summed E-state index contributed by atoms with van der Waals surface area (Å²) < 4.78 is 4.77. The summed E-state index contributed by atoms with van der Waals surface area (Å²) in [4.78, 5) is 48.6. The van der Waals surface area contributed by atoms with Crippen molar-refractivity contribution in [1.82, 2.24) is 4.90 Å². The Labute approximate surface area is 170 Å². The fraction of sp³-hybridized carbons (Fsp3) is 0.211. The molecule has 0 aliphatic rings. The summed E-state index contributed by atoms with van der Waals surface area (Å²) in [5.41, 5.74) is 1.08. The molecule has 1 aromatic carbocycles. The van der Waals surface area contributed by atoms with Crippen molar-refractivity contribution >= 4 is 45.9 Å². The number of nitro benzene ring substituents is 1. The standard InChI is InChI=1S/C19H19N3O6S/c1-11-15(19(25)28-4)17(29-16(11)18(24)21(2)3)20-14(23)10-7-12-5-8-13(9-6-12)22(26)27/h5-10H,1-4H3,(H,20,23). The molecule has 0 atom stereocenters. The number of thiophene rings is 1. The number of carbonyl (C=O) groups is 3. The van der Waals surface area contributed by atoms with Gasteiger partial charge in [0.2, 0.25) is 5.91 Å². The van der Waals surface area contributed by atoms with Gasteiger partial charge in [-0.15, -0.1) is 11.3 Å². The van der Waals surface area contributed by atoms with E-state index < -0.39 is 16.8 Å². The highest BCUT2D eigenvalue weighted by Crippen LogP contribution is 2.34. The number of nitrogens with zero attached hydrogens (tertiary/aromatic N) is 2. The first-order chi connectivity index (χ1) is 13.6. The molecule has 0 spiro atoms. The summed E-state index contributed by atoms with van der Waals surface area (Å²) in [5.74, 6) is -1.48. The van der Waals surface area contributed by atoms with E-state index in [0.29, 0.717) is 16.0 Å². The van der Waals surface area contributed by atoms with Crippen molar-refractivity contribution in [3.63, 3.8) is 0 Å². The van der Waals surface area contributed by atoms with Crippen molar-refractivity contribution in [2.75, 3.05) is 26.5 Å². The van der Waals surface area contributed by atoms with Crippen LogP contribution in [0.1, 0.15) is 31.2 Å². The smallest absolute Gasteiger partial charge is 0.341 e. The molecule has 0 aliphatic heterocycles. The van der Waals surface area contributed by atoms with E-state index in [2.05, 4.69) is 5.32 Å². The van der Waals surface area contributed by atoms with E-state index in [1.54, 1.807) is 21.0 Å². The summed E-state index contributed by atoms with van der Waals surface area (Å²) >= 11 is 0.989. The van der Waals surface area contributed by atoms with Crippen molar-refractivity contribution in [1.29, 1.82) is 0 Å². The molecular formula is C19H19N3O6S. The summed E-state index contributed by atoms with van der Waals surface area (Å²) in [7, 11) is 4.39. The number of hydrogen-bond acceptors (Lipinski definition) is 7. The molecule has 152 valence electrons. The number of amides is 2. The second-order valence-electron chi connectivity index (χ2n) is 6.12. The van der Waals surface area contributed by atoms with E-state index in [9.17, 15) is 24.5 Å². The van der Waals surface area contributed by atoms with Crippen molar-refractivity contribution in [3.05, 3.63) is 62.0 Å². The number of rotatable bonds is 6. The minimum Gasteiger partial charge on any atom is -0.465 e. The minimum atomic E-state index is -0.661. The molecule has 2 aromatic rings. The Hall–Kier alpha value is -3.53. The van der Waals surface area contributed by atoms with E-state index in [1.165, 1.54) is 48.4 Å². The second-order valence-corrected chi connectivity index (χ2v) is 7.14. The molecule has 1 aromatic heterocycles. The molecule has 10 heteroatoms. The summed E-state index contributed by atoms with van der Waals surface area (Å²) in [6, 6.07) is 5.67. The Kier molecular flexibility index (Phi) is 6.84. The zero-order chi connectivity index (χ0) is 21.7. The molecule has 0 fully saturated rings. The van der Waals surface area contributed by atoms with Crippen molar-refractivity contribution < 1.29 is 24.0 Å². The fourth-order valence-electron chi connectivity index (χ4n) is 2.39. The third-order valence-corrected chi connectivity index (χ3v) is 5.10. The maximum atomic E-state index is 12.3. The van der Waals surface area contributed by atoms with Gasteiger partial charge < -0.3 is 15.0 Å². The summed E-state index contributed by atoms with van der Waals surface area (Å²) in [5, 5.41) is 13.5. The summed E-state index contributed by atoms with van der Waals surface area (Å²) in [6.45, 7) is 1.61. The SMILES string of the molecule is COC(=O)c1c(NC(=O)C=Cc2ccc([N+](=O)[O-])cc2)sc(C(=O)N(C)C)c1C. The van der Waals surface area contributed by atoms with Gasteiger partial charge in [-0.3, -0.25) is 19.7 Å². The molecular weight excluding hydrogens is 398 g/mol. The van der Waals surface area contributed by atoms with Crippen LogP contribution in [-0.4, -0.2) is 48.8 Å². The predicted molar refractivity (Wildman–Crippen MR) is 109 cm³/mol. The fourth-order valence-corrected chi connectivity index (χ4v) is 3.61. The number of methoxy groups -OCH3 is 1. The Balaban J connectivity index is 2.26. The molecule has 2 amide bonds. The van der Waals surface area contributed by atoms with Crippen LogP contribution in [0.4, 0.5) is 10.7 Å². The lowest BCUT2D eigenvalue weighted by atomic mass is 10.1. The maximum Gasteiger partial charge on any atom is 0.341 e. The number of anilines is 1. The molecule has 0 unspecified atom stereocenters. The van der Waals surface area contributed by atoms with Crippen LogP contribution in [-0.2, 0) is 9.53 Å². The molecule has 29 heavy (non-hydrogen) atoms. The monoisotopic (exact) mass is 417 g/mol. The molecule has 0 radical (unpaired) electrons. The predicted octanol–water partition coefficient (Wildman–Crippen LogP) is 3.11. The molecule has 0 aliphatic carbocycles. The van der Waals surface area contributed by atoms with Gasteiger partial charge >= 0.3 is 5.97 Å². The summed E-state index contributed by atoms with van der Waals surface area (Å²) in [6.07, 6.45) is 2.70. The Morgan fingerprint density at radius 1 is 1.21 bits per heavy atom. The van der Waals surface area contributed by atoms with Crippen LogP contribution in [0.5, 0.6) is 0 Å². The first-order valence-electron chi connectivity index (χ1n) is 8.32. The lowest BCUT2D eigenvalue weighted by Gasteiger charge is -2.08. The van der Waals surface area contributed by atoms with Gasteiger partial charge in [0.25, 0.3) is 11.6 Å². The zero-order valence-corrected chi connectivity index (χ0v) is 17.0. The number of hydrogen-bond donors (Lipinski definition) is 1. The second kappa shape index (κ2) is 9.11. The Morgan fingerprint density at radius 2 is 1.83 bits per heavy atom. The van der Waals surface area contributed by atoms with Crippen molar-refractivity contribution in [3.8, 4) is 0 Å². The van der Waals surface area contributed by atoms with Gasteiger partial charge in [0.1, 0.15) is 5.00 Å². The van der Waals surface area contributed by atoms with Crippen LogP contribution < -0.4 is 5.32 Å². The van der Waals surface area contributed by atoms with Gasteiger partial charge in [-0.1, -0.05) is 0 Å². The van der Waals surface area contributed by atoms with Crippen molar-refractivity contribution in [2.45, 2.75) is 6.92 Å². The topological polar surface area (TPSA) is 119 Å². The van der Waals surface area contributed by atoms with E-state index in [1.807, 2.05) is 0 Å². The van der Waals surface area contributed by atoms with Crippen LogP contribution in [0.25, 0.3) is 6.08 Å². The van der Waals surface area contributed by atoms with Crippen LogP contribution >= 0.6 is 11.3 Å². The van der Waals surface area contributed by atoms with Gasteiger partial charge in [0, 0.05) is 32.3 Å². The highest BCUT2D eigenvalue weighted by Gasteiger charge is 2.26. The molecule has 1 heterocycles. The third kappa shape index (κ3) is 5.05. The quantitative estimate of drug-likeness (QED) is 0.334. The number of benzene rings is 1. The average Bonchev–Trinajstić information content (AvgIpc) is 3.01.